The van der Waals surface area contributed by atoms with E-state index in [9.17, 15) is 9.59 Å². The Balaban J connectivity index is 1.70. The Morgan fingerprint density at radius 3 is 2.30 bits per heavy atom. The minimum Gasteiger partial charge on any atom is -0.345 e. The quantitative estimate of drug-likeness (QED) is 0.392. The standard InChI is InChI=1S/C31H34N4O2/c1-3-27(23-12-6-4-7-13-23)33-30(36)29-25-16-10-11-17-26(25)31(37)35(24-14-8-5-9-15-24)28(29)21-34-19-18-32-22(2)20-34/h4-17,22,27,32H,3,18-21H2,1-2H3,(H,33,36)/t22-,27-/m0/s1. The number of nitrogens with one attached hydrogen (secondary N) is 2. The van der Waals surface area contributed by atoms with Crippen molar-refractivity contribution in [1.82, 2.24) is 20.1 Å². The van der Waals surface area contributed by atoms with Gasteiger partial charge in [-0.1, -0.05) is 73.7 Å². The molecule has 1 aliphatic rings. The monoisotopic (exact) mass is 494 g/mol. The highest BCUT2D eigenvalue weighted by molar-refractivity contribution is 6.08. The van der Waals surface area contributed by atoms with Gasteiger partial charge in [-0.25, -0.2) is 0 Å². The van der Waals surface area contributed by atoms with Gasteiger partial charge in [-0.05, 0) is 37.1 Å². The molecule has 2 N–H and O–H groups in total. The normalized spacial score (nSPS) is 17.0. The molecule has 1 amide bonds. The Bertz CT molecular complexity index is 1430. The first-order chi connectivity index (χ1) is 18.1. The summed E-state index contributed by atoms with van der Waals surface area (Å²) >= 11 is 0. The van der Waals surface area contributed by atoms with E-state index in [0.29, 0.717) is 28.9 Å². The zero-order chi connectivity index (χ0) is 25.8. The fourth-order valence-corrected chi connectivity index (χ4v) is 5.36. The minimum atomic E-state index is -0.158. The van der Waals surface area contributed by atoms with Gasteiger partial charge in [-0.2, -0.15) is 0 Å². The summed E-state index contributed by atoms with van der Waals surface area (Å²) < 4.78 is 1.74. The lowest BCUT2D eigenvalue weighted by Crippen LogP contribution is -2.49. The first kappa shape index (κ1) is 24.9. The van der Waals surface area contributed by atoms with Crippen LogP contribution < -0.4 is 16.2 Å². The predicted octanol–water partition coefficient (Wildman–Crippen LogP) is 4.67. The number of carbonyl (C=O) groups excluding carboxylic acids is 1. The number of fused-ring (bicyclic) bond motifs is 1. The molecule has 3 aromatic carbocycles. The molecule has 0 spiro atoms. The second-order valence-corrected chi connectivity index (χ2v) is 9.78. The van der Waals surface area contributed by atoms with Gasteiger partial charge in [0.1, 0.15) is 0 Å². The van der Waals surface area contributed by atoms with E-state index >= 15 is 0 Å². The summed E-state index contributed by atoms with van der Waals surface area (Å²) in [5, 5.41) is 8.01. The van der Waals surface area contributed by atoms with Gasteiger partial charge in [0.25, 0.3) is 11.5 Å². The molecule has 0 unspecified atom stereocenters. The largest absolute Gasteiger partial charge is 0.345 e. The van der Waals surface area contributed by atoms with Crippen LogP contribution in [0, 0.1) is 0 Å². The number of amides is 1. The zero-order valence-corrected chi connectivity index (χ0v) is 21.5. The molecule has 0 saturated carbocycles. The molecule has 5 rings (SSSR count). The number of hydrogen-bond donors (Lipinski definition) is 2. The van der Waals surface area contributed by atoms with E-state index < -0.39 is 0 Å². The molecule has 6 nitrogen and oxygen atoms in total. The van der Waals surface area contributed by atoms with E-state index in [1.165, 1.54) is 0 Å². The lowest BCUT2D eigenvalue weighted by molar-refractivity contribution is 0.0933. The summed E-state index contributed by atoms with van der Waals surface area (Å²) in [5.74, 6) is -0.158. The van der Waals surface area contributed by atoms with E-state index in [0.717, 1.165) is 43.0 Å². The topological polar surface area (TPSA) is 66.4 Å². The maximum absolute atomic E-state index is 14.2. The van der Waals surface area contributed by atoms with Crippen molar-refractivity contribution in [2.45, 2.75) is 38.9 Å². The number of aromatic nitrogens is 1. The van der Waals surface area contributed by atoms with E-state index in [2.05, 4.69) is 29.4 Å². The van der Waals surface area contributed by atoms with Gasteiger partial charge in [0.15, 0.2) is 0 Å². The van der Waals surface area contributed by atoms with E-state index in [1.54, 1.807) is 4.57 Å². The van der Waals surface area contributed by atoms with Gasteiger partial charge in [0.2, 0.25) is 0 Å². The number of rotatable bonds is 7. The number of para-hydroxylation sites is 1. The molecule has 2 heterocycles. The fraction of sp³-hybridized carbons (Fsp3) is 0.290. The second-order valence-electron chi connectivity index (χ2n) is 9.78. The van der Waals surface area contributed by atoms with E-state index in [-0.39, 0.29) is 17.5 Å². The molecule has 0 aliphatic carbocycles. The smallest absolute Gasteiger partial charge is 0.263 e. The molecule has 190 valence electrons. The average molecular weight is 495 g/mol. The number of piperazine rings is 1. The summed E-state index contributed by atoms with van der Waals surface area (Å²) in [5.41, 5.74) is 3.02. The van der Waals surface area contributed by atoms with Crippen molar-refractivity contribution in [1.29, 1.82) is 0 Å². The van der Waals surface area contributed by atoms with Crippen molar-refractivity contribution in [3.05, 3.63) is 112 Å². The molecule has 1 aromatic heterocycles. The molecule has 4 aromatic rings. The molecule has 0 bridgehead atoms. The third-order valence-electron chi connectivity index (χ3n) is 7.17. The maximum atomic E-state index is 14.2. The Morgan fingerprint density at radius 1 is 0.973 bits per heavy atom. The van der Waals surface area contributed by atoms with Gasteiger partial charge >= 0.3 is 0 Å². The van der Waals surface area contributed by atoms with Crippen molar-refractivity contribution >= 4 is 16.7 Å². The summed E-state index contributed by atoms with van der Waals surface area (Å²) in [4.78, 5) is 30.4. The van der Waals surface area contributed by atoms with Crippen LogP contribution in [0.5, 0.6) is 0 Å². The van der Waals surface area contributed by atoms with Gasteiger partial charge < -0.3 is 10.6 Å². The third-order valence-corrected chi connectivity index (χ3v) is 7.17. The first-order valence-corrected chi connectivity index (χ1v) is 13.1. The molecule has 2 atom stereocenters. The van der Waals surface area contributed by atoms with Crippen LogP contribution in [0.2, 0.25) is 0 Å². The first-order valence-electron chi connectivity index (χ1n) is 13.1. The lowest BCUT2D eigenvalue weighted by atomic mass is 9.99. The zero-order valence-electron chi connectivity index (χ0n) is 21.5. The van der Waals surface area contributed by atoms with Crippen LogP contribution in [0.4, 0.5) is 0 Å². The second kappa shape index (κ2) is 11.1. The van der Waals surface area contributed by atoms with Crippen molar-refractivity contribution in [2.75, 3.05) is 19.6 Å². The average Bonchev–Trinajstić information content (AvgIpc) is 2.93. The molecule has 6 heteroatoms. The third kappa shape index (κ3) is 5.22. The van der Waals surface area contributed by atoms with Crippen LogP contribution >= 0.6 is 0 Å². The molecular formula is C31H34N4O2. The fourth-order valence-electron chi connectivity index (χ4n) is 5.36. The van der Waals surface area contributed by atoms with Gasteiger partial charge in [-0.15, -0.1) is 0 Å². The van der Waals surface area contributed by atoms with Crippen LogP contribution in [-0.2, 0) is 6.54 Å². The highest BCUT2D eigenvalue weighted by Gasteiger charge is 2.27. The molecule has 1 fully saturated rings. The highest BCUT2D eigenvalue weighted by Crippen LogP contribution is 2.26. The van der Waals surface area contributed by atoms with Crippen LogP contribution in [0.1, 0.15) is 47.9 Å². The van der Waals surface area contributed by atoms with Crippen LogP contribution in [0.15, 0.2) is 89.7 Å². The van der Waals surface area contributed by atoms with Crippen LogP contribution in [0.3, 0.4) is 0 Å². The van der Waals surface area contributed by atoms with Crippen molar-refractivity contribution in [3.8, 4) is 5.69 Å². The van der Waals surface area contributed by atoms with Gasteiger partial charge in [-0.3, -0.25) is 19.1 Å². The minimum absolute atomic E-state index is 0.105. The number of nitrogens with zero attached hydrogens (tertiary/aromatic N) is 2. The van der Waals surface area contributed by atoms with Crippen molar-refractivity contribution < 1.29 is 4.79 Å². The molecular weight excluding hydrogens is 460 g/mol. The molecule has 0 radical (unpaired) electrons. The summed E-state index contributed by atoms with van der Waals surface area (Å²) in [6.07, 6.45) is 0.761. The Labute approximate surface area is 217 Å². The van der Waals surface area contributed by atoms with Gasteiger partial charge in [0, 0.05) is 48.7 Å². The molecule has 37 heavy (non-hydrogen) atoms. The van der Waals surface area contributed by atoms with Gasteiger partial charge in [0.05, 0.1) is 17.3 Å². The van der Waals surface area contributed by atoms with E-state index in [4.69, 9.17) is 0 Å². The Morgan fingerprint density at radius 2 is 1.62 bits per heavy atom. The van der Waals surface area contributed by atoms with Crippen LogP contribution in [-0.4, -0.2) is 41.1 Å². The number of carbonyl (C=O) groups is 1. The lowest BCUT2D eigenvalue weighted by Gasteiger charge is -2.33. The maximum Gasteiger partial charge on any atom is 0.263 e. The van der Waals surface area contributed by atoms with Crippen molar-refractivity contribution in [2.24, 2.45) is 0 Å². The van der Waals surface area contributed by atoms with E-state index in [1.807, 2.05) is 84.9 Å². The highest BCUT2D eigenvalue weighted by atomic mass is 16.2. The Kier molecular flexibility index (Phi) is 7.49. The number of benzene rings is 3. The SMILES string of the molecule is CC[C@H](NC(=O)c1c(CN2CCN[C@@H](C)C2)n(-c2ccccc2)c(=O)c2ccccc12)c1ccccc1. The summed E-state index contributed by atoms with van der Waals surface area (Å²) in [6, 6.07) is 27.4. The number of pyridine rings is 1. The summed E-state index contributed by atoms with van der Waals surface area (Å²) in [6.45, 7) is 7.31. The molecule has 1 aliphatic heterocycles. The Hall–Kier alpha value is -3.74. The van der Waals surface area contributed by atoms with Crippen molar-refractivity contribution in [3.63, 3.8) is 0 Å². The summed E-state index contributed by atoms with van der Waals surface area (Å²) in [7, 11) is 0. The van der Waals surface area contributed by atoms with Crippen LogP contribution in [0.25, 0.3) is 16.5 Å². The predicted molar refractivity (Wildman–Crippen MR) is 149 cm³/mol. The number of hydrogen-bond acceptors (Lipinski definition) is 4. The molecule has 1 saturated heterocycles.